The van der Waals surface area contributed by atoms with E-state index in [2.05, 4.69) is 0 Å². The maximum absolute atomic E-state index is 10.3. The van der Waals surface area contributed by atoms with Gasteiger partial charge in [0.05, 0.1) is 12.8 Å². The van der Waals surface area contributed by atoms with Crippen LogP contribution in [0.2, 0.25) is 0 Å². The van der Waals surface area contributed by atoms with E-state index in [4.69, 9.17) is 20.4 Å². The molecule has 0 atom stereocenters. The van der Waals surface area contributed by atoms with Crippen LogP contribution in [-0.2, 0) is 14.4 Å². The van der Waals surface area contributed by atoms with Gasteiger partial charge in [0.15, 0.2) is 5.60 Å². The molecule has 0 unspecified atom stereocenters. The second-order valence-electron chi connectivity index (χ2n) is 2.48. The Labute approximate surface area is 137 Å². The van der Waals surface area contributed by atoms with Crippen molar-refractivity contribution in [2.24, 2.45) is 0 Å². The summed E-state index contributed by atoms with van der Waals surface area (Å²) in [4.78, 5) is 30.5. The van der Waals surface area contributed by atoms with Crippen LogP contribution < -0.4 is 0 Å². The fourth-order valence-electron chi connectivity index (χ4n) is 0.714. The molecule has 0 aromatic carbocycles. The van der Waals surface area contributed by atoms with Gasteiger partial charge in [-0.2, -0.15) is 0 Å². The molecule has 0 aromatic heterocycles. The molecule has 0 heterocycles. The van der Waals surface area contributed by atoms with Crippen LogP contribution in [0.15, 0.2) is 0 Å². The minimum absolute atomic E-state index is 0. The molecule has 9 heteroatoms. The first-order chi connectivity index (χ1) is 5.78. The van der Waals surface area contributed by atoms with Gasteiger partial charge in [0.2, 0.25) is 0 Å². The molecule has 0 saturated carbocycles. The van der Waals surface area contributed by atoms with Gasteiger partial charge in [0, 0.05) is 0 Å². The van der Waals surface area contributed by atoms with Gasteiger partial charge >= 0.3 is 78.7 Å². The van der Waals surface area contributed by atoms with E-state index in [9.17, 15) is 14.4 Å². The van der Waals surface area contributed by atoms with Gasteiger partial charge in [-0.3, -0.25) is 9.59 Å². The summed E-state index contributed by atoms with van der Waals surface area (Å²) in [6, 6.07) is 0. The Morgan fingerprint density at radius 1 is 1.00 bits per heavy atom. The average Bonchev–Trinajstić information content (AvgIpc) is 1.82. The number of hydrogen-bond acceptors (Lipinski definition) is 4. The maximum Gasteiger partial charge on any atom is 2.00 e. The van der Waals surface area contributed by atoms with E-state index in [-0.39, 0.29) is 66.5 Å². The summed E-state index contributed by atoms with van der Waals surface area (Å²) in [5, 5.41) is 33.8. The van der Waals surface area contributed by atoms with E-state index < -0.39 is 36.4 Å². The normalized spacial score (nSPS) is 9.40. The molecule has 4 N–H and O–H groups in total. The van der Waals surface area contributed by atoms with E-state index in [1.54, 1.807) is 0 Å². The second kappa shape index (κ2) is 8.54. The van der Waals surface area contributed by atoms with Crippen molar-refractivity contribution in [3.63, 3.8) is 0 Å². The monoisotopic (exact) mass is 260 g/mol. The van der Waals surface area contributed by atoms with Crippen molar-refractivity contribution in [1.29, 1.82) is 0 Å². The molecule has 0 saturated heterocycles. The first-order valence-electron chi connectivity index (χ1n) is 3.17. The number of carboxylic acid groups (broad SMARTS) is 3. The summed E-state index contributed by atoms with van der Waals surface area (Å²) in [6.45, 7) is 0. The van der Waals surface area contributed by atoms with Crippen molar-refractivity contribution in [3.8, 4) is 0 Å². The van der Waals surface area contributed by atoms with Crippen molar-refractivity contribution in [1.82, 2.24) is 0 Å². The number of hydrogen-bond donors (Lipinski definition) is 4. The summed E-state index contributed by atoms with van der Waals surface area (Å²) in [6.07, 6.45) is -2.29. The summed E-state index contributed by atoms with van der Waals surface area (Å²) >= 11 is 0. The minimum Gasteiger partial charge on any atom is -1.00 e. The third-order valence-electron chi connectivity index (χ3n) is 1.29. The standard InChI is InChI=1S/C6H8O7.Ca.Mg.4H/c7-3(8)1-6(13,5(11)12)2-4(9)10;;;;;;/h13H,1-2H2,(H,7,8)(H,9,10)(H,11,12);;;;;;/q;2*+2;4*-1. The third kappa shape index (κ3) is 8.23. The fraction of sp³-hybridized carbons (Fsp3) is 0.500. The summed E-state index contributed by atoms with van der Waals surface area (Å²) in [5.74, 6) is -5.02. The van der Waals surface area contributed by atoms with Gasteiger partial charge < -0.3 is 26.1 Å². The number of carboxylic acids is 3. The molecule has 0 aliphatic carbocycles. The molecule has 0 spiro atoms. The molecule has 0 radical (unpaired) electrons. The van der Waals surface area contributed by atoms with Crippen LogP contribution in [0.25, 0.3) is 0 Å². The zero-order valence-corrected chi connectivity index (χ0v) is 11.5. The first-order valence-corrected chi connectivity index (χ1v) is 3.17. The van der Waals surface area contributed by atoms with Gasteiger partial charge in [0.1, 0.15) is 0 Å². The van der Waals surface area contributed by atoms with E-state index >= 15 is 0 Å². The first kappa shape index (κ1) is 20.8. The third-order valence-corrected chi connectivity index (χ3v) is 1.29. The number of aliphatic hydroxyl groups is 1. The number of rotatable bonds is 5. The molecule has 0 fully saturated rings. The van der Waals surface area contributed by atoms with Crippen LogP contribution in [0, 0.1) is 0 Å². The smallest absolute Gasteiger partial charge is 1.00 e. The maximum atomic E-state index is 10.3. The van der Waals surface area contributed by atoms with Crippen molar-refractivity contribution in [2.45, 2.75) is 18.4 Å². The van der Waals surface area contributed by atoms with Gasteiger partial charge in [-0.15, -0.1) is 0 Å². The largest absolute Gasteiger partial charge is 2.00 e. The van der Waals surface area contributed by atoms with E-state index in [0.29, 0.717) is 0 Å². The van der Waals surface area contributed by atoms with Gasteiger partial charge in [-0.25, -0.2) is 4.79 Å². The summed E-state index contributed by atoms with van der Waals surface area (Å²) in [5.41, 5.74) is -2.74. The molecule has 0 aliphatic rings. The SMILES string of the molecule is O=C(O)CC(O)(CC(=O)O)C(=O)O.[Ca+2].[H-].[H-].[H-].[H-].[Mg+2]. The quantitative estimate of drug-likeness (QED) is 0.439. The Balaban J connectivity index is -0.0000000480. The Hall–Kier alpha value is 0.396. The minimum atomic E-state index is -2.74. The number of carbonyl (C=O) groups is 3. The average molecular weight is 261 g/mol. The molecule has 0 rings (SSSR count). The van der Waals surface area contributed by atoms with Crippen molar-refractivity contribution < 1.29 is 40.5 Å². The van der Waals surface area contributed by atoms with Gasteiger partial charge in [-0.05, 0) is 0 Å². The molecular formula is C6H12CaMgO7. The summed E-state index contributed by atoms with van der Waals surface area (Å²) in [7, 11) is 0. The van der Waals surface area contributed by atoms with Crippen LogP contribution in [0.5, 0.6) is 0 Å². The molecule has 0 amide bonds. The van der Waals surface area contributed by atoms with Gasteiger partial charge in [0.25, 0.3) is 0 Å². The molecule has 15 heavy (non-hydrogen) atoms. The Kier molecular flexibility index (Phi) is 11.8. The molecule has 0 aliphatic heterocycles. The second-order valence-corrected chi connectivity index (χ2v) is 2.48. The van der Waals surface area contributed by atoms with Crippen LogP contribution >= 0.6 is 0 Å². The Morgan fingerprint density at radius 3 is 1.40 bits per heavy atom. The van der Waals surface area contributed by atoms with Gasteiger partial charge in [-0.1, -0.05) is 0 Å². The van der Waals surface area contributed by atoms with Crippen LogP contribution in [0.3, 0.4) is 0 Å². The molecule has 7 nitrogen and oxygen atoms in total. The zero-order chi connectivity index (χ0) is 10.6. The van der Waals surface area contributed by atoms with E-state index in [1.807, 2.05) is 0 Å². The van der Waals surface area contributed by atoms with Crippen LogP contribution in [-0.4, -0.2) is 105 Å². The summed E-state index contributed by atoms with van der Waals surface area (Å²) < 4.78 is 0. The van der Waals surface area contributed by atoms with E-state index in [1.165, 1.54) is 0 Å². The fourth-order valence-corrected chi connectivity index (χ4v) is 0.714. The van der Waals surface area contributed by atoms with Crippen molar-refractivity contribution in [3.05, 3.63) is 0 Å². The predicted molar refractivity (Wildman–Crippen MR) is 53.0 cm³/mol. The van der Waals surface area contributed by atoms with Crippen LogP contribution in [0.1, 0.15) is 18.5 Å². The Bertz CT molecular complexity index is 252. The Morgan fingerprint density at radius 2 is 1.27 bits per heavy atom. The van der Waals surface area contributed by atoms with Crippen LogP contribution in [0.4, 0.5) is 0 Å². The van der Waals surface area contributed by atoms with Crippen molar-refractivity contribution in [2.75, 3.05) is 0 Å². The molecular weight excluding hydrogens is 248 g/mol. The topological polar surface area (TPSA) is 132 Å². The van der Waals surface area contributed by atoms with Crippen molar-refractivity contribution >= 4 is 78.7 Å². The zero-order valence-electron chi connectivity index (χ0n) is 11.8. The molecule has 0 bridgehead atoms. The number of aliphatic carboxylic acids is 3. The molecule has 0 aromatic rings. The predicted octanol–water partition coefficient (Wildman–Crippen LogP) is -1.56. The molecule has 82 valence electrons. The van der Waals surface area contributed by atoms with E-state index in [0.717, 1.165) is 0 Å².